The number of benzene rings is 3. The van der Waals surface area contributed by atoms with Crippen molar-refractivity contribution in [3.63, 3.8) is 0 Å². The largest absolute Gasteiger partial charge is 0.177 e. The van der Waals surface area contributed by atoms with Gasteiger partial charge in [-0.25, -0.2) is 0 Å². The Morgan fingerprint density at radius 2 is 0.969 bits per heavy atom. The lowest BCUT2D eigenvalue weighted by Crippen LogP contribution is -2.72. The van der Waals surface area contributed by atoms with Crippen molar-refractivity contribution in [3.05, 3.63) is 111 Å². The maximum absolute atomic E-state index is 2.54. The molecule has 3 aromatic rings. The van der Waals surface area contributed by atoms with E-state index in [2.05, 4.69) is 122 Å². The van der Waals surface area contributed by atoms with Gasteiger partial charge in [0, 0.05) is 0 Å². The SMILES string of the molecule is CC1=C(C)C(C)C([Si](c2ccccc2)(c2c(C)cccc2C)c2c(C)cccc2C)=C1C. The molecule has 1 unspecified atom stereocenters. The zero-order valence-corrected chi connectivity index (χ0v) is 21.9. The van der Waals surface area contributed by atoms with Gasteiger partial charge < -0.3 is 0 Å². The van der Waals surface area contributed by atoms with Crippen molar-refractivity contribution in [1.29, 1.82) is 0 Å². The highest BCUT2D eigenvalue weighted by atomic mass is 28.3. The van der Waals surface area contributed by atoms with Crippen LogP contribution in [0.25, 0.3) is 0 Å². The minimum absolute atomic E-state index is 0.444. The third-order valence-corrected chi connectivity index (χ3v) is 13.9. The Bertz CT molecular complexity index is 1150. The molecule has 1 atom stereocenters. The molecule has 0 spiro atoms. The Balaban J connectivity index is 2.31. The molecule has 0 N–H and O–H groups in total. The average molecular weight is 437 g/mol. The summed E-state index contributed by atoms with van der Waals surface area (Å²) in [6.07, 6.45) is 0. The molecule has 32 heavy (non-hydrogen) atoms. The first-order valence-electron chi connectivity index (χ1n) is 11.8. The molecular formula is C31H36Si. The quantitative estimate of drug-likeness (QED) is 0.336. The molecule has 0 radical (unpaired) electrons. The van der Waals surface area contributed by atoms with E-state index in [4.69, 9.17) is 0 Å². The maximum Gasteiger partial charge on any atom is 0.177 e. The molecule has 164 valence electrons. The fourth-order valence-corrected chi connectivity index (χ4v) is 13.0. The van der Waals surface area contributed by atoms with E-state index < -0.39 is 8.07 Å². The van der Waals surface area contributed by atoms with Crippen LogP contribution in [0.15, 0.2) is 88.6 Å². The van der Waals surface area contributed by atoms with Gasteiger partial charge >= 0.3 is 0 Å². The second-order valence-corrected chi connectivity index (χ2v) is 13.3. The minimum Gasteiger partial charge on any atom is -0.0636 e. The fraction of sp³-hybridized carbons (Fsp3) is 0.290. The highest BCUT2D eigenvalue weighted by molar-refractivity contribution is 7.17. The van der Waals surface area contributed by atoms with E-state index in [1.54, 1.807) is 15.6 Å². The van der Waals surface area contributed by atoms with Gasteiger partial charge in [-0.2, -0.15) is 0 Å². The molecule has 0 saturated carbocycles. The molecule has 3 aromatic carbocycles. The van der Waals surface area contributed by atoms with Crippen LogP contribution < -0.4 is 15.6 Å². The third kappa shape index (κ3) is 3.18. The van der Waals surface area contributed by atoms with Crippen LogP contribution in [-0.2, 0) is 0 Å². The van der Waals surface area contributed by atoms with Crippen molar-refractivity contribution in [2.75, 3.05) is 0 Å². The van der Waals surface area contributed by atoms with E-state index in [9.17, 15) is 0 Å². The predicted molar refractivity (Wildman–Crippen MR) is 143 cm³/mol. The van der Waals surface area contributed by atoms with Crippen LogP contribution in [0.1, 0.15) is 49.9 Å². The Labute approximate surface area is 195 Å². The molecule has 4 rings (SSSR count). The summed E-state index contributed by atoms with van der Waals surface area (Å²) in [4.78, 5) is 0. The topological polar surface area (TPSA) is 0 Å². The van der Waals surface area contributed by atoms with Crippen LogP contribution in [0.3, 0.4) is 0 Å². The summed E-state index contributed by atoms with van der Waals surface area (Å²) in [5, 5.41) is 6.33. The van der Waals surface area contributed by atoms with E-state index in [1.807, 2.05) is 0 Å². The molecule has 1 aliphatic rings. The van der Waals surface area contributed by atoms with Crippen LogP contribution in [0.2, 0.25) is 0 Å². The molecule has 1 heteroatoms. The van der Waals surface area contributed by atoms with Gasteiger partial charge in [0.2, 0.25) is 0 Å². The second kappa shape index (κ2) is 8.37. The van der Waals surface area contributed by atoms with E-state index in [0.29, 0.717) is 5.92 Å². The molecule has 0 aromatic heterocycles. The number of aryl methyl sites for hydroxylation is 4. The van der Waals surface area contributed by atoms with E-state index in [0.717, 1.165) is 0 Å². The average Bonchev–Trinajstić information content (AvgIpc) is 2.96. The molecule has 0 saturated heterocycles. The summed E-state index contributed by atoms with van der Waals surface area (Å²) in [5.41, 5.74) is 10.2. The Kier molecular flexibility index (Phi) is 5.90. The maximum atomic E-state index is 2.44. The smallest absolute Gasteiger partial charge is 0.0636 e. The Morgan fingerprint density at radius 1 is 0.531 bits per heavy atom. The first-order chi connectivity index (χ1) is 15.2. The standard InChI is InChI=1S/C31H36Si/c1-20-14-12-15-21(2)29(20)32(28-18-10-9-11-19-28,30-22(3)16-13-17-23(30)4)31-26(7)24(5)25(6)27(31)8/h9-19,26H,1-8H3. The molecule has 0 heterocycles. The van der Waals surface area contributed by atoms with Crippen molar-refractivity contribution in [3.8, 4) is 0 Å². The summed E-state index contributed by atoms with van der Waals surface area (Å²) in [6.45, 7) is 18.8. The van der Waals surface area contributed by atoms with Gasteiger partial charge in [0.1, 0.15) is 0 Å². The number of allylic oxidation sites excluding steroid dienone is 4. The van der Waals surface area contributed by atoms with E-state index in [-0.39, 0.29) is 0 Å². The summed E-state index contributed by atoms with van der Waals surface area (Å²) >= 11 is 0. The molecule has 1 aliphatic carbocycles. The van der Waals surface area contributed by atoms with Gasteiger partial charge in [-0.1, -0.05) is 112 Å². The van der Waals surface area contributed by atoms with Gasteiger partial charge in [-0.05, 0) is 75.5 Å². The lowest BCUT2D eigenvalue weighted by molar-refractivity contribution is 0.851. The van der Waals surface area contributed by atoms with Crippen LogP contribution in [0.4, 0.5) is 0 Å². The van der Waals surface area contributed by atoms with Crippen molar-refractivity contribution in [2.45, 2.75) is 55.4 Å². The summed E-state index contributed by atoms with van der Waals surface area (Å²) in [6, 6.07) is 25.2. The van der Waals surface area contributed by atoms with Crippen molar-refractivity contribution in [1.82, 2.24) is 0 Å². The van der Waals surface area contributed by atoms with Crippen molar-refractivity contribution < 1.29 is 0 Å². The van der Waals surface area contributed by atoms with Crippen LogP contribution in [-0.4, -0.2) is 8.07 Å². The minimum atomic E-state index is -2.54. The zero-order valence-electron chi connectivity index (χ0n) is 20.9. The molecule has 0 aliphatic heterocycles. The number of hydrogen-bond acceptors (Lipinski definition) is 0. The first kappa shape index (κ1) is 22.5. The van der Waals surface area contributed by atoms with Gasteiger partial charge in [0.25, 0.3) is 0 Å². The van der Waals surface area contributed by atoms with Crippen molar-refractivity contribution in [2.24, 2.45) is 5.92 Å². The summed E-state index contributed by atoms with van der Waals surface area (Å²) in [7, 11) is -2.54. The highest BCUT2D eigenvalue weighted by Gasteiger charge is 2.50. The Hall–Kier alpha value is -2.64. The molecule has 0 amide bonds. The number of rotatable bonds is 4. The summed E-state index contributed by atoms with van der Waals surface area (Å²) < 4.78 is 0. The normalized spacial score (nSPS) is 16.8. The lowest BCUT2D eigenvalue weighted by atomic mass is 10.1. The molecule has 0 nitrogen and oxygen atoms in total. The molecule has 0 fully saturated rings. The van der Waals surface area contributed by atoms with Crippen LogP contribution >= 0.6 is 0 Å². The zero-order chi connectivity index (χ0) is 23.2. The summed E-state index contributed by atoms with van der Waals surface area (Å²) in [5.74, 6) is 0.444. The van der Waals surface area contributed by atoms with E-state index in [1.165, 1.54) is 44.2 Å². The third-order valence-electron chi connectivity index (χ3n) is 7.96. The van der Waals surface area contributed by atoms with Crippen LogP contribution in [0, 0.1) is 33.6 Å². The monoisotopic (exact) mass is 436 g/mol. The Morgan fingerprint density at radius 3 is 1.34 bits per heavy atom. The lowest BCUT2D eigenvalue weighted by Gasteiger charge is -2.42. The van der Waals surface area contributed by atoms with E-state index >= 15 is 0 Å². The number of hydrogen-bond donors (Lipinski definition) is 0. The van der Waals surface area contributed by atoms with Gasteiger partial charge in [-0.15, -0.1) is 0 Å². The highest BCUT2D eigenvalue weighted by Crippen LogP contribution is 2.42. The first-order valence-corrected chi connectivity index (χ1v) is 13.8. The molecular weight excluding hydrogens is 400 g/mol. The fourth-order valence-electron chi connectivity index (χ4n) is 6.31. The predicted octanol–water partition coefficient (Wildman–Crippen LogP) is 6.23. The van der Waals surface area contributed by atoms with Gasteiger partial charge in [0.05, 0.1) is 0 Å². The van der Waals surface area contributed by atoms with Gasteiger partial charge in [-0.3, -0.25) is 0 Å². The molecule has 0 bridgehead atoms. The second-order valence-electron chi connectivity index (χ2n) is 9.72. The van der Waals surface area contributed by atoms with Gasteiger partial charge in [0.15, 0.2) is 8.07 Å². The van der Waals surface area contributed by atoms with Crippen molar-refractivity contribution >= 4 is 23.6 Å². The van der Waals surface area contributed by atoms with Crippen LogP contribution in [0.5, 0.6) is 0 Å².